The van der Waals surface area contributed by atoms with Crippen LogP contribution in [0.3, 0.4) is 0 Å². The second-order valence-electron chi connectivity index (χ2n) is 22.6. The second-order valence-corrected chi connectivity index (χ2v) is 54.7. The Balaban J connectivity index is 0.000000720. The summed E-state index contributed by atoms with van der Waals surface area (Å²) in [6, 6.07) is 0. The topological polar surface area (TPSA) is 1110 Å². The van der Waals surface area contributed by atoms with Gasteiger partial charge in [-0.2, -0.15) is 0 Å². The maximum Gasteiger partial charge on any atom is 0.371 e. The summed E-state index contributed by atoms with van der Waals surface area (Å²) in [7, 11) is -92.4. The van der Waals surface area contributed by atoms with Crippen molar-refractivity contribution in [1.82, 2.24) is 39.2 Å². The van der Waals surface area contributed by atoms with Gasteiger partial charge in [0.25, 0.3) is 40.7 Å². The summed E-state index contributed by atoms with van der Waals surface area (Å²) in [4.78, 5) is 295. The molecule has 0 saturated heterocycles. The van der Waals surface area contributed by atoms with E-state index in [-0.39, 0.29) is 0 Å². The molecule has 0 amide bonds. The zero-order valence-corrected chi connectivity index (χ0v) is 66.6. The summed E-state index contributed by atoms with van der Waals surface area (Å²) in [5.74, 6) is 0. The number of nitrogens with zero attached hydrogens (tertiary/aromatic N) is 8. The van der Waals surface area contributed by atoms with Crippen molar-refractivity contribution in [2.45, 2.75) is 40.7 Å². The molecule has 0 aliphatic carbocycles. The van der Waals surface area contributed by atoms with Crippen LogP contribution in [0.25, 0.3) is 0 Å². The summed E-state index contributed by atoms with van der Waals surface area (Å²) in [6.45, 7) is -13.5. The Labute approximate surface area is 598 Å². The predicted molar refractivity (Wildman–Crippen MR) is 342 cm³/mol. The van der Waals surface area contributed by atoms with E-state index in [9.17, 15) is 114 Å². The van der Waals surface area contributed by atoms with E-state index in [1.807, 2.05) is 0 Å². The lowest BCUT2D eigenvalue weighted by Crippen LogP contribution is -2.44. The van der Waals surface area contributed by atoms with Crippen LogP contribution in [0.4, 0.5) is 0 Å². The molecular formula is C28H72N8O56P16. The standard InChI is InChI=1S/4C7H18N2O14P4/c4*10-6(24(12,13)14,25(15,16)17)3-8-1-2-9(5-8)4-7(11,26(18,19)20)27(21,22)23/h4*1-2,10-11H,3-5H2,(H2,12,13,14)(H2,15,16,17)(H2,18,19,20)(H2,21,22,23). The van der Waals surface area contributed by atoms with E-state index in [1.165, 1.54) is 0 Å². The SMILES string of the molecule is O=P(O)(O)C(O)(CN1C=CN(CC(O)(P(=O)(O)O)P(=O)(O)O)C1)P(=O)(O)O.O=P(O)(O)C(O)(CN1C=CN(CC(O)(P(=O)(O)O)P(=O)(O)O)C1)P(=O)(O)O.O=P(O)(O)C(O)(CN1C=CN(CC(O)(P(=O)(O)O)P(=O)(O)O)C1)P(=O)(O)O.O=P(O)(O)C(O)(CN1C=CN(CC(O)(P(=O)(O)O)P(=O)(O)O)C1)P(=O)(O)O. The van der Waals surface area contributed by atoms with Crippen LogP contribution in [-0.2, 0) is 73.0 Å². The Morgan fingerprint density at radius 3 is 0.259 bits per heavy atom. The molecule has 0 atom stereocenters. The molecule has 0 spiro atoms. The van der Waals surface area contributed by atoms with Gasteiger partial charge in [0.2, 0.25) is 0 Å². The summed E-state index contributed by atoms with van der Waals surface area (Å²) >= 11 is 0. The van der Waals surface area contributed by atoms with Gasteiger partial charge in [-0.3, -0.25) is 73.0 Å². The van der Waals surface area contributed by atoms with E-state index in [2.05, 4.69) is 0 Å². The molecule has 0 radical (unpaired) electrons. The minimum absolute atomic E-state index is 0.679. The molecule has 4 aliphatic rings. The van der Waals surface area contributed by atoms with Gasteiger partial charge in [-0.1, -0.05) is 0 Å². The van der Waals surface area contributed by atoms with Crippen molar-refractivity contribution >= 4 is 122 Å². The first-order valence-corrected chi connectivity index (χ1v) is 51.8. The van der Waals surface area contributed by atoms with Crippen molar-refractivity contribution in [3.05, 3.63) is 49.6 Å². The molecule has 80 heteroatoms. The lowest BCUT2D eigenvalue weighted by atomic mass is 10.5. The van der Waals surface area contributed by atoms with Crippen LogP contribution in [0.15, 0.2) is 49.6 Å². The average Bonchev–Trinajstić information content (AvgIpc) is 1.56. The van der Waals surface area contributed by atoms with Gasteiger partial charge in [0.1, 0.15) is 0 Å². The van der Waals surface area contributed by atoms with Crippen LogP contribution >= 0.6 is 122 Å². The van der Waals surface area contributed by atoms with Crippen molar-refractivity contribution < 1.29 is 270 Å². The highest BCUT2D eigenvalue weighted by Crippen LogP contribution is 2.74. The van der Waals surface area contributed by atoms with E-state index in [1.54, 1.807) is 0 Å². The molecule has 0 aromatic rings. The fraction of sp³-hybridized carbons (Fsp3) is 0.714. The highest BCUT2D eigenvalue weighted by Gasteiger charge is 2.68. The molecule has 40 N–H and O–H groups in total. The van der Waals surface area contributed by atoms with E-state index in [0.717, 1.165) is 49.6 Å². The monoisotopic (exact) mass is 1910 g/mol. The number of aliphatic hydroxyl groups is 8. The van der Waals surface area contributed by atoms with E-state index in [4.69, 9.17) is 157 Å². The van der Waals surface area contributed by atoms with Crippen molar-refractivity contribution in [3.63, 3.8) is 0 Å². The first kappa shape index (κ1) is 105. The Morgan fingerprint density at radius 1 is 0.157 bits per heavy atom. The lowest BCUT2D eigenvalue weighted by Gasteiger charge is -2.35. The Bertz CT molecular complexity index is 3250. The molecule has 64 nitrogen and oxygen atoms in total. The quantitative estimate of drug-likeness (QED) is 0.0278. The maximum absolute atomic E-state index is 11.3. The van der Waals surface area contributed by atoms with Crippen LogP contribution in [0.1, 0.15) is 0 Å². The zero-order valence-electron chi connectivity index (χ0n) is 52.3. The van der Waals surface area contributed by atoms with Gasteiger partial charge >= 0.3 is 122 Å². The third-order valence-electron chi connectivity index (χ3n) is 14.2. The van der Waals surface area contributed by atoms with Gasteiger partial charge in [-0.25, -0.2) is 0 Å². The van der Waals surface area contributed by atoms with Crippen molar-refractivity contribution in [3.8, 4) is 0 Å². The minimum Gasteiger partial charge on any atom is -0.366 e. The van der Waals surface area contributed by atoms with E-state index in [0.29, 0.717) is 39.2 Å². The first-order chi connectivity index (χ1) is 46.6. The molecule has 4 rings (SSSR count). The van der Waals surface area contributed by atoms with Gasteiger partial charge < -0.3 is 237 Å². The minimum atomic E-state index is -5.78. The fourth-order valence-electron chi connectivity index (χ4n) is 7.90. The summed E-state index contributed by atoms with van der Waals surface area (Å²) in [5, 5.41) is 47.9. The normalized spacial score (nSPS) is 17.7. The highest BCUT2D eigenvalue weighted by atomic mass is 31.3. The predicted octanol–water partition coefficient (Wildman–Crippen LogP) is -11.9. The second kappa shape index (κ2) is 33.7. The van der Waals surface area contributed by atoms with Crippen molar-refractivity contribution in [1.29, 1.82) is 0 Å². The molecule has 0 fully saturated rings. The molecule has 4 aliphatic heterocycles. The maximum atomic E-state index is 11.3. The highest BCUT2D eigenvalue weighted by molar-refractivity contribution is 7.75. The molecule has 4 heterocycles. The number of hydrogen-bond donors (Lipinski definition) is 40. The lowest BCUT2D eigenvalue weighted by molar-refractivity contribution is 0.0766. The number of rotatable bonds is 32. The molecule has 0 aromatic carbocycles. The molecule has 0 saturated carbocycles. The Hall–Kier alpha value is -0.560. The Kier molecular flexibility index (Phi) is 32.9. The smallest absolute Gasteiger partial charge is 0.366 e. The van der Waals surface area contributed by atoms with Gasteiger partial charge in [0.15, 0.2) is 0 Å². The van der Waals surface area contributed by atoms with E-state index >= 15 is 0 Å². The van der Waals surface area contributed by atoms with E-state index < -0.39 is 241 Å². The third kappa shape index (κ3) is 23.9. The van der Waals surface area contributed by atoms with Crippen LogP contribution in [-0.4, -0.2) is 356 Å². The van der Waals surface area contributed by atoms with Gasteiger partial charge in [-0.15, -0.1) is 0 Å². The van der Waals surface area contributed by atoms with Gasteiger partial charge in [0.05, 0.1) is 79.0 Å². The Morgan fingerprint density at radius 2 is 0.213 bits per heavy atom. The zero-order chi connectivity index (χ0) is 86.8. The molecule has 0 bridgehead atoms. The molecule has 0 aromatic heterocycles. The number of β-amino-alcohol motifs (C(OH)–C–C–N with tert-alkyl or cyclic N) is 8. The average molecular weight is 1910 g/mol. The largest absolute Gasteiger partial charge is 0.371 e. The summed E-state index contributed by atoms with van der Waals surface area (Å²) in [6.07, 6.45) is 6.86. The number of hydrogen-bond acceptors (Lipinski definition) is 32. The third-order valence-corrected chi connectivity index (χ3v) is 43.9. The van der Waals surface area contributed by atoms with Gasteiger partial charge in [0, 0.05) is 49.6 Å². The summed E-state index contributed by atoms with van der Waals surface area (Å²) < 4.78 is 181. The summed E-state index contributed by atoms with van der Waals surface area (Å²) in [5.41, 5.74) is 0. The molecule has 108 heavy (non-hydrogen) atoms. The molecular weight excluding hydrogens is 1840 g/mol. The first-order valence-electron chi connectivity index (χ1n) is 26.0. The van der Waals surface area contributed by atoms with Crippen molar-refractivity contribution in [2.24, 2.45) is 0 Å². The van der Waals surface area contributed by atoms with Crippen LogP contribution in [0.2, 0.25) is 0 Å². The van der Waals surface area contributed by atoms with Gasteiger partial charge in [-0.05, 0) is 0 Å². The van der Waals surface area contributed by atoms with Crippen LogP contribution in [0.5, 0.6) is 0 Å². The molecule has 640 valence electrons. The molecule has 0 unspecified atom stereocenters. The van der Waals surface area contributed by atoms with Crippen LogP contribution in [0, 0.1) is 0 Å². The van der Waals surface area contributed by atoms with Crippen molar-refractivity contribution in [2.75, 3.05) is 79.0 Å². The fourth-order valence-corrected chi connectivity index (χ4v) is 24.6. The van der Waals surface area contributed by atoms with Crippen LogP contribution < -0.4 is 0 Å².